The van der Waals surface area contributed by atoms with E-state index < -0.39 is 29.7 Å². The normalized spacial score (nSPS) is 21.8. The van der Waals surface area contributed by atoms with Crippen LogP contribution >= 0.6 is 0 Å². The largest absolute Gasteiger partial charge is 0.391 e. The Morgan fingerprint density at radius 2 is 1.83 bits per heavy atom. The van der Waals surface area contributed by atoms with E-state index in [-0.39, 0.29) is 23.9 Å². The highest BCUT2D eigenvalue weighted by atomic mass is 19.1. The Balaban J connectivity index is 1.85. The molecule has 1 saturated carbocycles. The van der Waals surface area contributed by atoms with Crippen molar-refractivity contribution < 1.29 is 23.5 Å². The number of carbonyl (C=O) groups excluding carboxylic acids is 2. The van der Waals surface area contributed by atoms with E-state index in [1.807, 2.05) is 0 Å². The van der Waals surface area contributed by atoms with Crippen LogP contribution in [-0.4, -0.2) is 35.1 Å². The van der Waals surface area contributed by atoms with Crippen molar-refractivity contribution in [3.05, 3.63) is 35.4 Å². The molecule has 132 valence electrons. The average Bonchev–Trinajstić information content (AvgIpc) is 2.48. The Labute approximate surface area is 139 Å². The van der Waals surface area contributed by atoms with Gasteiger partial charge in [-0.1, -0.05) is 12.8 Å². The first-order chi connectivity index (χ1) is 11.3. The van der Waals surface area contributed by atoms with E-state index in [0.717, 1.165) is 31.0 Å². The standard InChI is InChI=1S/C17H22F2N2O3/c1-10(17(24)21-14-4-2-3-5-15(14)22)20-16(23)8-11-6-12(18)9-13(19)7-11/h6-7,9-10,14-15,22H,2-5,8H2,1H3,(H,20,23)(H,21,24)/t10-,14+,15+/m0/s1. The Morgan fingerprint density at radius 1 is 1.21 bits per heavy atom. The van der Waals surface area contributed by atoms with Crippen molar-refractivity contribution in [2.24, 2.45) is 0 Å². The molecule has 7 heteroatoms. The molecule has 0 aromatic heterocycles. The predicted molar refractivity (Wildman–Crippen MR) is 84.1 cm³/mol. The number of halogens is 2. The van der Waals surface area contributed by atoms with Crippen molar-refractivity contribution in [2.75, 3.05) is 0 Å². The zero-order chi connectivity index (χ0) is 17.7. The Kier molecular flexibility index (Phi) is 6.25. The van der Waals surface area contributed by atoms with Gasteiger partial charge in [0.2, 0.25) is 11.8 Å². The molecular weight excluding hydrogens is 318 g/mol. The second-order valence-corrected chi connectivity index (χ2v) is 6.21. The van der Waals surface area contributed by atoms with Gasteiger partial charge in [0.1, 0.15) is 17.7 Å². The summed E-state index contributed by atoms with van der Waals surface area (Å²) in [5, 5.41) is 15.1. The van der Waals surface area contributed by atoms with Crippen molar-refractivity contribution in [3.63, 3.8) is 0 Å². The molecule has 1 aromatic carbocycles. The molecule has 0 spiro atoms. The van der Waals surface area contributed by atoms with Crippen LogP contribution < -0.4 is 10.6 Å². The van der Waals surface area contributed by atoms with Crippen LogP contribution in [0.4, 0.5) is 8.78 Å². The summed E-state index contributed by atoms with van der Waals surface area (Å²) in [6.07, 6.45) is 2.43. The van der Waals surface area contributed by atoms with Gasteiger partial charge in [0, 0.05) is 6.07 Å². The fourth-order valence-corrected chi connectivity index (χ4v) is 2.84. The van der Waals surface area contributed by atoms with E-state index in [0.29, 0.717) is 12.8 Å². The lowest BCUT2D eigenvalue weighted by molar-refractivity contribution is -0.129. The zero-order valence-corrected chi connectivity index (χ0v) is 13.5. The summed E-state index contributed by atoms with van der Waals surface area (Å²) in [4.78, 5) is 24.0. The molecule has 0 radical (unpaired) electrons. The van der Waals surface area contributed by atoms with Crippen LogP contribution in [0.3, 0.4) is 0 Å². The fourth-order valence-electron chi connectivity index (χ4n) is 2.84. The number of nitrogens with one attached hydrogen (secondary N) is 2. The lowest BCUT2D eigenvalue weighted by Gasteiger charge is -2.29. The third-order valence-electron chi connectivity index (χ3n) is 4.11. The summed E-state index contributed by atoms with van der Waals surface area (Å²) in [5.41, 5.74) is 0.195. The van der Waals surface area contributed by atoms with Crippen molar-refractivity contribution in [1.82, 2.24) is 10.6 Å². The second kappa shape index (κ2) is 8.19. The molecule has 1 aliphatic carbocycles. The van der Waals surface area contributed by atoms with E-state index in [1.54, 1.807) is 0 Å². The van der Waals surface area contributed by atoms with Gasteiger partial charge in [0.05, 0.1) is 18.6 Å². The molecule has 0 heterocycles. The molecule has 1 aromatic rings. The summed E-state index contributed by atoms with van der Waals surface area (Å²) < 4.78 is 26.2. The molecule has 0 unspecified atom stereocenters. The number of amides is 2. The number of benzene rings is 1. The second-order valence-electron chi connectivity index (χ2n) is 6.21. The van der Waals surface area contributed by atoms with Crippen LogP contribution in [0.2, 0.25) is 0 Å². The molecule has 0 saturated heterocycles. The van der Waals surface area contributed by atoms with Crippen LogP contribution in [0.5, 0.6) is 0 Å². The summed E-state index contributed by atoms with van der Waals surface area (Å²) in [7, 11) is 0. The van der Waals surface area contributed by atoms with E-state index in [2.05, 4.69) is 10.6 Å². The maximum Gasteiger partial charge on any atom is 0.242 e. The highest BCUT2D eigenvalue weighted by Gasteiger charge is 2.26. The molecular formula is C17H22F2N2O3. The Bertz CT molecular complexity index is 589. The van der Waals surface area contributed by atoms with Crippen LogP contribution in [0.1, 0.15) is 38.2 Å². The van der Waals surface area contributed by atoms with Gasteiger partial charge in [-0.3, -0.25) is 9.59 Å². The summed E-state index contributed by atoms with van der Waals surface area (Å²) in [5.74, 6) is -2.41. The number of hydrogen-bond acceptors (Lipinski definition) is 3. The number of rotatable bonds is 5. The monoisotopic (exact) mass is 340 g/mol. The lowest BCUT2D eigenvalue weighted by Crippen LogP contribution is -2.52. The summed E-state index contributed by atoms with van der Waals surface area (Å²) in [6, 6.07) is 1.78. The van der Waals surface area contributed by atoms with Gasteiger partial charge < -0.3 is 15.7 Å². The fraction of sp³-hybridized carbons (Fsp3) is 0.529. The van der Waals surface area contributed by atoms with Gasteiger partial charge in [-0.05, 0) is 37.5 Å². The first-order valence-electron chi connectivity index (χ1n) is 8.08. The smallest absolute Gasteiger partial charge is 0.242 e. The minimum atomic E-state index is -0.801. The number of carbonyl (C=O) groups is 2. The third kappa shape index (κ3) is 5.26. The number of aliphatic hydroxyl groups excluding tert-OH is 1. The molecule has 0 aliphatic heterocycles. The van der Waals surface area contributed by atoms with Crippen LogP contribution in [0.15, 0.2) is 18.2 Å². The molecule has 0 bridgehead atoms. The van der Waals surface area contributed by atoms with E-state index in [1.165, 1.54) is 6.92 Å². The van der Waals surface area contributed by atoms with Gasteiger partial charge in [-0.15, -0.1) is 0 Å². The summed E-state index contributed by atoms with van der Waals surface area (Å²) >= 11 is 0. The topological polar surface area (TPSA) is 78.4 Å². The molecule has 5 nitrogen and oxygen atoms in total. The quantitative estimate of drug-likeness (QED) is 0.759. The lowest BCUT2D eigenvalue weighted by atomic mass is 9.92. The highest BCUT2D eigenvalue weighted by molar-refractivity contribution is 5.88. The van der Waals surface area contributed by atoms with Gasteiger partial charge in [-0.2, -0.15) is 0 Å². The average molecular weight is 340 g/mol. The van der Waals surface area contributed by atoms with E-state index in [9.17, 15) is 23.5 Å². The van der Waals surface area contributed by atoms with Crippen LogP contribution in [-0.2, 0) is 16.0 Å². The van der Waals surface area contributed by atoms with Crippen molar-refractivity contribution in [1.29, 1.82) is 0 Å². The van der Waals surface area contributed by atoms with Gasteiger partial charge in [-0.25, -0.2) is 8.78 Å². The minimum absolute atomic E-state index is 0.195. The van der Waals surface area contributed by atoms with Gasteiger partial charge in [0.15, 0.2) is 0 Å². The van der Waals surface area contributed by atoms with E-state index in [4.69, 9.17) is 0 Å². The van der Waals surface area contributed by atoms with Gasteiger partial charge in [0.25, 0.3) is 0 Å². The first kappa shape index (κ1) is 18.3. The number of aliphatic hydroxyl groups is 1. The highest BCUT2D eigenvalue weighted by Crippen LogP contribution is 2.18. The molecule has 24 heavy (non-hydrogen) atoms. The Morgan fingerprint density at radius 3 is 2.46 bits per heavy atom. The van der Waals surface area contributed by atoms with Crippen molar-refractivity contribution in [2.45, 2.75) is 57.2 Å². The maximum absolute atomic E-state index is 13.1. The van der Waals surface area contributed by atoms with Gasteiger partial charge >= 0.3 is 0 Å². The molecule has 3 N–H and O–H groups in total. The first-order valence-corrected chi connectivity index (χ1v) is 8.08. The summed E-state index contributed by atoms with van der Waals surface area (Å²) in [6.45, 7) is 1.52. The predicted octanol–water partition coefficient (Wildman–Crippen LogP) is 1.43. The van der Waals surface area contributed by atoms with Crippen LogP contribution in [0, 0.1) is 11.6 Å². The number of hydrogen-bond donors (Lipinski definition) is 3. The molecule has 2 amide bonds. The molecule has 1 aliphatic rings. The minimum Gasteiger partial charge on any atom is -0.391 e. The van der Waals surface area contributed by atoms with Crippen molar-refractivity contribution >= 4 is 11.8 Å². The zero-order valence-electron chi connectivity index (χ0n) is 13.5. The SMILES string of the molecule is C[C@H](NC(=O)Cc1cc(F)cc(F)c1)C(=O)N[C@@H]1CCCC[C@H]1O. The molecule has 3 atom stereocenters. The van der Waals surface area contributed by atoms with E-state index >= 15 is 0 Å². The maximum atomic E-state index is 13.1. The van der Waals surface area contributed by atoms with Crippen LogP contribution in [0.25, 0.3) is 0 Å². The molecule has 2 rings (SSSR count). The Hall–Kier alpha value is -2.02. The third-order valence-corrected chi connectivity index (χ3v) is 4.11. The molecule has 1 fully saturated rings. The van der Waals surface area contributed by atoms with Crippen molar-refractivity contribution in [3.8, 4) is 0 Å².